The van der Waals surface area contributed by atoms with Gasteiger partial charge in [-0.2, -0.15) is 5.10 Å². The topological polar surface area (TPSA) is 79.8 Å². The van der Waals surface area contributed by atoms with Crippen LogP contribution >= 0.6 is 11.6 Å². The molecule has 3 aromatic rings. The third kappa shape index (κ3) is 5.58. The van der Waals surface area contributed by atoms with Crippen LogP contribution in [0, 0.1) is 0 Å². The van der Waals surface area contributed by atoms with Crippen molar-refractivity contribution in [2.24, 2.45) is 5.10 Å². The molecule has 7 heteroatoms. The van der Waals surface area contributed by atoms with E-state index in [2.05, 4.69) is 15.8 Å². The van der Waals surface area contributed by atoms with Crippen LogP contribution in [0.15, 0.2) is 65.8 Å². The minimum atomic E-state index is -0.404. The van der Waals surface area contributed by atoms with Gasteiger partial charge in [-0.05, 0) is 47.5 Å². The summed E-state index contributed by atoms with van der Waals surface area (Å²) in [5.41, 5.74) is 4.30. The fourth-order valence-corrected chi connectivity index (χ4v) is 3.04. The van der Waals surface area contributed by atoms with Crippen LogP contribution in [0.1, 0.15) is 29.3 Å². The van der Waals surface area contributed by atoms with Crippen molar-refractivity contribution in [3.05, 3.63) is 76.8 Å². The summed E-state index contributed by atoms with van der Waals surface area (Å²) in [4.78, 5) is 24.7. The monoisotopic (exact) mass is 423 g/mol. The quantitative estimate of drug-likeness (QED) is 0.439. The normalized spacial score (nSPS) is 11.2. The van der Waals surface area contributed by atoms with Crippen molar-refractivity contribution in [3.8, 4) is 5.75 Å². The standard InChI is InChI=1S/C23H22ClN3O3/c1-15(11-22(28)25-14-16-7-9-19(24)10-8-16)26-27-23(29)20-12-17-5-3-4-6-18(17)13-21(20)30-2/h3-10,12-13H,11,14H2,1-2H3,(H,25,28)(H,27,29)/b26-15-. The molecule has 0 atom stereocenters. The Morgan fingerprint density at radius 3 is 2.37 bits per heavy atom. The van der Waals surface area contributed by atoms with Crippen molar-refractivity contribution >= 4 is 39.9 Å². The van der Waals surface area contributed by atoms with E-state index >= 15 is 0 Å². The van der Waals surface area contributed by atoms with Crippen molar-refractivity contribution < 1.29 is 14.3 Å². The first-order valence-electron chi connectivity index (χ1n) is 9.37. The Kier molecular flexibility index (Phi) is 7.03. The van der Waals surface area contributed by atoms with Crippen molar-refractivity contribution in [3.63, 3.8) is 0 Å². The number of fused-ring (bicyclic) bond motifs is 1. The molecule has 0 fully saturated rings. The first-order valence-corrected chi connectivity index (χ1v) is 9.75. The highest BCUT2D eigenvalue weighted by atomic mass is 35.5. The smallest absolute Gasteiger partial charge is 0.275 e. The van der Waals surface area contributed by atoms with Gasteiger partial charge in [0.2, 0.25) is 5.91 Å². The Bertz CT molecular complexity index is 1090. The van der Waals surface area contributed by atoms with Gasteiger partial charge in [0.25, 0.3) is 5.91 Å². The number of amides is 2. The summed E-state index contributed by atoms with van der Waals surface area (Å²) in [5, 5.41) is 9.40. The lowest BCUT2D eigenvalue weighted by atomic mass is 10.1. The molecule has 0 radical (unpaired) electrons. The molecule has 30 heavy (non-hydrogen) atoms. The average Bonchev–Trinajstić information content (AvgIpc) is 2.76. The van der Waals surface area contributed by atoms with Crippen molar-refractivity contribution in [1.82, 2.24) is 10.7 Å². The molecule has 0 spiro atoms. The summed E-state index contributed by atoms with van der Waals surface area (Å²) in [6.45, 7) is 2.07. The molecule has 2 amide bonds. The Morgan fingerprint density at radius 2 is 1.70 bits per heavy atom. The molecule has 3 rings (SSSR count). The third-order valence-corrected chi connectivity index (χ3v) is 4.73. The minimum Gasteiger partial charge on any atom is -0.496 e. The van der Waals surface area contributed by atoms with Crippen LogP contribution in [-0.4, -0.2) is 24.6 Å². The van der Waals surface area contributed by atoms with Crippen LogP contribution in [0.3, 0.4) is 0 Å². The van der Waals surface area contributed by atoms with Crippen LogP contribution in [0.5, 0.6) is 5.75 Å². The van der Waals surface area contributed by atoms with E-state index in [1.165, 1.54) is 7.11 Å². The lowest BCUT2D eigenvalue weighted by molar-refractivity contribution is -0.120. The highest BCUT2D eigenvalue weighted by molar-refractivity contribution is 6.30. The number of methoxy groups -OCH3 is 1. The number of nitrogens with zero attached hydrogens (tertiary/aromatic N) is 1. The van der Waals surface area contributed by atoms with E-state index in [-0.39, 0.29) is 12.3 Å². The number of carbonyl (C=O) groups is 2. The molecular weight excluding hydrogens is 402 g/mol. The second kappa shape index (κ2) is 9.89. The van der Waals surface area contributed by atoms with E-state index in [0.717, 1.165) is 16.3 Å². The van der Waals surface area contributed by atoms with Crippen molar-refractivity contribution in [2.45, 2.75) is 19.9 Å². The molecule has 0 saturated heterocycles. The number of benzene rings is 3. The lowest BCUT2D eigenvalue weighted by Gasteiger charge is -2.10. The van der Waals surface area contributed by atoms with Gasteiger partial charge in [-0.15, -0.1) is 0 Å². The largest absolute Gasteiger partial charge is 0.496 e. The lowest BCUT2D eigenvalue weighted by Crippen LogP contribution is -2.26. The predicted octanol–water partition coefficient (Wildman–Crippen LogP) is 4.31. The van der Waals surface area contributed by atoms with Gasteiger partial charge >= 0.3 is 0 Å². The van der Waals surface area contributed by atoms with Crippen LogP contribution in [0.25, 0.3) is 10.8 Å². The maximum Gasteiger partial charge on any atom is 0.275 e. The molecule has 0 saturated carbocycles. The van der Waals surface area contributed by atoms with Crippen LogP contribution in [0.4, 0.5) is 0 Å². The number of hydrazone groups is 1. The summed E-state index contributed by atoms with van der Waals surface area (Å²) in [6.07, 6.45) is 0.0721. The summed E-state index contributed by atoms with van der Waals surface area (Å²) in [6, 6.07) is 18.5. The maximum absolute atomic E-state index is 12.6. The second-order valence-electron chi connectivity index (χ2n) is 6.77. The molecule has 0 heterocycles. The summed E-state index contributed by atoms with van der Waals surface area (Å²) in [5.74, 6) is -0.137. The second-order valence-corrected chi connectivity index (χ2v) is 7.20. The van der Waals surface area contributed by atoms with Crippen LogP contribution in [-0.2, 0) is 11.3 Å². The van der Waals surface area contributed by atoms with E-state index in [1.807, 2.05) is 42.5 Å². The molecule has 0 unspecified atom stereocenters. The van der Waals surface area contributed by atoms with Gasteiger partial charge in [0.15, 0.2) is 0 Å². The van der Waals surface area contributed by atoms with E-state index in [0.29, 0.717) is 28.6 Å². The molecule has 0 aromatic heterocycles. The molecule has 0 aliphatic carbocycles. The molecule has 3 aromatic carbocycles. The molecule has 0 aliphatic rings. The zero-order valence-corrected chi connectivity index (χ0v) is 17.5. The number of halogens is 1. The molecule has 2 N–H and O–H groups in total. The summed E-state index contributed by atoms with van der Waals surface area (Å²) in [7, 11) is 1.51. The molecule has 154 valence electrons. The number of nitrogens with one attached hydrogen (secondary N) is 2. The van der Waals surface area contributed by atoms with Gasteiger partial charge in [-0.25, -0.2) is 5.43 Å². The fourth-order valence-electron chi connectivity index (χ4n) is 2.91. The van der Waals surface area contributed by atoms with Crippen LogP contribution in [0.2, 0.25) is 5.02 Å². The van der Waals surface area contributed by atoms with Crippen molar-refractivity contribution in [1.29, 1.82) is 0 Å². The molecule has 6 nitrogen and oxygen atoms in total. The Morgan fingerprint density at radius 1 is 1.03 bits per heavy atom. The number of carbonyl (C=O) groups excluding carboxylic acids is 2. The van der Waals surface area contributed by atoms with Gasteiger partial charge in [0.05, 0.1) is 19.1 Å². The molecular formula is C23H22ClN3O3. The zero-order valence-electron chi connectivity index (χ0n) is 16.7. The van der Waals surface area contributed by atoms with E-state index in [1.54, 1.807) is 25.1 Å². The van der Waals surface area contributed by atoms with Gasteiger partial charge < -0.3 is 10.1 Å². The fraction of sp³-hybridized carbons (Fsp3) is 0.174. The van der Waals surface area contributed by atoms with E-state index < -0.39 is 5.91 Å². The van der Waals surface area contributed by atoms with Gasteiger partial charge in [-0.1, -0.05) is 48.0 Å². The third-order valence-electron chi connectivity index (χ3n) is 4.48. The highest BCUT2D eigenvalue weighted by Crippen LogP contribution is 2.25. The van der Waals surface area contributed by atoms with Gasteiger partial charge in [-0.3, -0.25) is 9.59 Å². The van der Waals surface area contributed by atoms with E-state index in [9.17, 15) is 9.59 Å². The number of ether oxygens (including phenoxy) is 1. The van der Waals surface area contributed by atoms with E-state index in [4.69, 9.17) is 16.3 Å². The zero-order chi connectivity index (χ0) is 21.5. The van der Waals surface area contributed by atoms with Gasteiger partial charge in [0, 0.05) is 17.3 Å². The Hall–Kier alpha value is -3.38. The molecule has 0 aliphatic heterocycles. The summed E-state index contributed by atoms with van der Waals surface area (Å²) >= 11 is 5.85. The Balaban J connectivity index is 1.59. The maximum atomic E-state index is 12.6. The number of hydrogen-bond acceptors (Lipinski definition) is 4. The van der Waals surface area contributed by atoms with Crippen molar-refractivity contribution in [2.75, 3.05) is 7.11 Å². The number of hydrogen-bond donors (Lipinski definition) is 2. The average molecular weight is 424 g/mol. The SMILES string of the molecule is COc1cc2ccccc2cc1C(=O)N/N=C(/C)CC(=O)NCc1ccc(Cl)cc1. The Labute approximate surface area is 179 Å². The van der Waals surface area contributed by atoms with Crippen LogP contribution < -0.4 is 15.5 Å². The summed E-state index contributed by atoms with van der Waals surface area (Å²) < 4.78 is 5.35. The highest BCUT2D eigenvalue weighted by Gasteiger charge is 2.13. The predicted molar refractivity (Wildman–Crippen MR) is 119 cm³/mol. The number of rotatable bonds is 7. The molecule has 0 bridgehead atoms. The van der Waals surface area contributed by atoms with Gasteiger partial charge in [0.1, 0.15) is 5.75 Å². The first-order chi connectivity index (χ1) is 14.5. The minimum absolute atomic E-state index is 0.0721. The first kappa shape index (κ1) is 21.3.